The molecule has 28 heavy (non-hydrogen) atoms. The lowest BCUT2D eigenvalue weighted by atomic mass is 9.99. The second-order valence-corrected chi connectivity index (χ2v) is 8.84. The van der Waals surface area contributed by atoms with Crippen molar-refractivity contribution in [1.82, 2.24) is 4.98 Å². The predicted molar refractivity (Wildman–Crippen MR) is 118 cm³/mol. The zero-order valence-electron chi connectivity index (χ0n) is 16.0. The smallest absolute Gasteiger partial charge is 0.226 e. The Labute approximate surface area is 177 Å². The lowest BCUT2D eigenvalue weighted by Crippen LogP contribution is -2.13. The third kappa shape index (κ3) is 4.94. The molecule has 2 aromatic carbocycles. The zero-order chi connectivity index (χ0) is 20.3. The van der Waals surface area contributed by atoms with Gasteiger partial charge < -0.3 is 5.32 Å². The molecule has 0 aliphatic heterocycles. The number of carbonyl (C=O) groups excluding carboxylic acids is 2. The summed E-state index contributed by atoms with van der Waals surface area (Å²) in [5.74, 6) is -0.211. The van der Waals surface area contributed by atoms with E-state index in [2.05, 4.69) is 26.2 Å². The van der Waals surface area contributed by atoms with Crippen LogP contribution in [0.2, 0.25) is 0 Å². The molecule has 1 heterocycles. The molecule has 4 nitrogen and oxygen atoms in total. The van der Waals surface area contributed by atoms with Crippen molar-refractivity contribution in [3.05, 3.63) is 68.5 Å². The molecule has 1 aromatic heterocycles. The van der Waals surface area contributed by atoms with E-state index in [0.29, 0.717) is 10.7 Å². The fraction of sp³-hybridized carbons (Fsp3) is 0.227. The average Bonchev–Trinajstić information content (AvgIpc) is 3.02. The van der Waals surface area contributed by atoms with Crippen molar-refractivity contribution in [2.24, 2.45) is 0 Å². The highest BCUT2D eigenvalue weighted by molar-refractivity contribution is 9.10. The molecular weight excluding hydrogens is 436 g/mol. The highest BCUT2D eigenvalue weighted by Crippen LogP contribution is 2.31. The number of nitrogens with zero attached hydrogens (tertiary/aromatic N) is 1. The molecule has 3 aromatic rings. The summed E-state index contributed by atoms with van der Waals surface area (Å²) in [5.41, 5.74) is 4.53. The van der Waals surface area contributed by atoms with Crippen molar-refractivity contribution < 1.29 is 9.59 Å². The first kappa shape index (κ1) is 20.4. The summed E-state index contributed by atoms with van der Waals surface area (Å²) in [6.45, 7) is 5.85. The van der Waals surface area contributed by atoms with E-state index in [1.165, 1.54) is 11.3 Å². The van der Waals surface area contributed by atoms with Crippen molar-refractivity contribution in [1.29, 1.82) is 0 Å². The van der Waals surface area contributed by atoms with E-state index in [1.54, 1.807) is 0 Å². The molecule has 3 rings (SSSR count). The minimum atomic E-state index is -0.199. The highest BCUT2D eigenvalue weighted by atomic mass is 79.9. The van der Waals surface area contributed by atoms with Crippen molar-refractivity contribution in [2.75, 3.05) is 5.32 Å². The van der Waals surface area contributed by atoms with Crippen LogP contribution < -0.4 is 5.32 Å². The predicted octanol–water partition coefficient (Wildman–Crippen LogP) is 6.10. The van der Waals surface area contributed by atoms with Crippen LogP contribution in [0.1, 0.15) is 39.2 Å². The van der Waals surface area contributed by atoms with Gasteiger partial charge in [-0.3, -0.25) is 9.59 Å². The Balaban J connectivity index is 1.62. The van der Waals surface area contributed by atoms with Crippen LogP contribution in [0.4, 0.5) is 5.13 Å². The molecule has 0 saturated heterocycles. The SMILES string of the molecule is Cc1ccc(C)c(C(=O)CCC(=O)Nc2nc(-c3ccc(Br)cc3)c(C)s2)c1. The molecule has 0 aliphatic carbocycles. The van der Waals surface area contributed by atoms with Crippen LogP contribution in [0.25, 0.3) is 11.3 Å². The maximum Gasteiger partial charge on any atom is 0.226 e. The van der Waals surface area contributed by atoms with Crippen LogP contribution in [0.3, 0.4) is 0 Å². The van der Waals surface area contributed by atoms with Gasteiger partial charge in [-0.25, -0.2) is 4.98 Å². The van der Waals surface area contributed by atoms with Crippen molar-refractivity contribution in [2.45, 2.75) is 33.6 Å². The fourth-order valence-corrected chi connectivity index (χ4v) is 4.02. The van der Waals surface area contributed by atoms with Gasteiger partial charge in [0.2, 0.25) is 5.91 Å². The van der Waals surface area contributed by atoms with Crippen LogP contribution in [0, 0.1) is 20.8 Å². The number of benzene rings is 2. The van der Waals surface area contributed by atoms with Gasteiger partial charge in [0.15, 0.2) is 10.9 Å². The molecule has 0 bridgehead atoms. The number of amides is 1. The van der Waals surface area contributed by atoms with E-state index >= 15 is 0 Å². The van der Waals surface area contributed by atoms with Gasteiger partial charge in [-0.1, -0.05) is 45.8 Å². The lowest BCUT2D eigenvalue weighted by Gasteiger charge is -2.06. The first-order valence-electron chi connectivity index (χ1n) is 8.97. The van der Waals surface area contributed by atoms with Crippen LogP contribution in [0.15, 0.2) is 46.9 Å². The Hall–Kier alpha value is -2.31. The molecule has 144 valence electrons. The summed E-state index contributed by atoms with van der Waals surface area (Å²) >= 11 is 4.86. The van der Waals surface area contributed by atoms with Crippen molar-refractivity contribution in [3.8, 4) is 11.3 Å². The fourth-order valence-electron chi connectivity index (χ4n) is 2.91. The number of thiazole rings is 1. The van der Waals surface area contributed by atoms with E-state index in [-0.39, 0.29) is 24.5 Å². The van der Waals surface area contributed by atoms with Crippen LogP contribution in [0.5, 0.6) is 0 Å². The van der Waals surface area contributed by atoms with Gasteiger partial charge >= 0.3 is 0 Å². The number of rotatable bonds is 6. The Morgan fingerprint density at radius 2 is 1.75 bits per heavy atom. The monoisotopic (exact) mass is 456 g/mol. The van der Waals surface area contributed by atoms with Crippen LogP contribution in [-0.4, -0.2) is 16.7 Å². The topological polar surface area (TPSA) is 59.1 Å². The van der Waals surface area contributed by atoms with Crippen molar-refractivity contribution >= 4 is 44.1 Å². The van der Waals surface area contributed by atoms with Gasteiger partial charge in [-0.05, 0) is 44.5 Å². The average molecular weight is 457 g/mol. The lowest BCUT2D eigenvalue weighted by molar-refractivity contribution is -0.116. The Morgan fingerprint density at radius 1 is 1.04 bits per heavy atom. The summed E-state index contributed by atoms with van der Waals surface area (Å²) in [4.78, 5) is 30.3. The number of hydrogen-bond acceptors (Lipinski definition) is 4. The molecule has 0 aliphatic rings. The van der Waals surface area contributed by atoms with E-state index in [4.69, 9.17) is 0 Å². The minimum Gasteiger partial charge on any atom is -0.302 e. The number of nitrogens with one attached hydrogen (secondary N) is 1. The maximum atomic E-state index is 12.4. The number of ketones is 1. The van der Waals surface area contributed by atoms with Crippen molar-refractivity contribution in [3.63, 3.8) is 0 Å². The molecule has 0 radical (unpaired) electrons. The standard InChI is InChI=1S/C22H21BrN2O2S/c1-13-4-5-14(2)18(12-13)19(26)10-11-20(27)24-22-25-21(15(3)28-22)16-6-8-17(23)9-7-16/h4-9,12H,10-11H2,1-3H3,(H,24,25,27). The number of carbonyl (C=O) groups is 2. The van der Waals surface area contributed by atoms with Gasteiger partial charge in [-0.15, -0.1) is 11.3 Å². The molecule has 0 atom stereocenters. The molecule has 1 N–H and O–H groups in total. The maximum absolute atomic E-state index is 12.4. The third-order valence-corrected chi connectivity index (χ3v) is 5.85. The molecule has 0 saturated carbocycles. The summed E-state index contributed by atoms with van der Waals surface area (Å²) in [7, 11) is 0. The summed E-state index contributed by atoms with van der Waals surface area (Å²) in [5, 5.41) is 3.38. The molecule has 6 heteroatoms. The Morgan fingerprint density at radius 3 is 2.46 bits per heavy atom. The molecule has 1 amide bonds. The first-order chi connectivity index (χ1) is 13.3. The first-order valence-corrected chi connectivity index (χ1v) is 10.6. The largest absolute Gasteiger partial charge is 0.302 e. The van der Waals surface area contributed by atoms with E-state index in [1.807, 2.05) is 63.2 Å². The second-order valence-electron chi connectivity index (χ2n) is 6.72. The van der Waals surface area contributed by atoms with E-state index < -0.39 is 0 Å². The van der Waals surface area contributed by atoms with E-state index in [0.717, 1.165) is 31.7 Å². The van der Waals surface area contributed by atoms with Gasteiger partial charge in [0.05, 0.1) is 5.69 Å². The number of halogens is 1. The number of Topliss-reactive ketones (excluding diaryl/α,β-unsaturated/α-hetero) is 1. The molecule has 0 unspecified atom stereocenters. The van der Waals surface area contributed by atoms with Crippen LogP contribution >= 0.6 is 27.3 Å². The number of aromatic nitrogens is 1. The highest BCUT2D eigenvalue weighted by Gasteiger charge is 2.15. The summed E-state index contributed by atoms with van der Waals surface area (Å²) in [6, 6.07) is 13.7. The van der Waals surface area contributed by atoms with E-state index in [9.17, 15) is 9.59 Å². The number of hydrogen-bond donors (Lipinski definition) is 1. The summed E-state index contributed by atoms with van der Waals surface area (Å²) < 4.78 is 1.01. The van der Waals surface area contributed by atoms with Gasteiger partial charge in [0.1, 0.15) is 0 Å². The van der Waals surface area contributed by atoms with Crippen LogP contribution in [-0.2, 0) is 4.79 Å². The quantitative estimate of drug-likeness (QED) is 0.455. The zero-order valence-corrected chi connectivity index (χ0v) is 18.4. The molecular formula is C22H21BrN2O2S. The number of aryl methyl sites for hydroxylation is 3. The van der Waals surface area contributed by atoms with Gasteiger partial charge in [0, 0.05) is 33.3 Å². The summed E-state index contributed by atoms with van der Waals surface area (Å²) in [6.07, 6.45) is 0.318. The minimum absolute atomic E-state index is 0.0118. The normalized spacial score (nSPS) is 10.7. The van der Waals surface area contributed by atoms with Gasteiger partial charge in [0.25, 0.3) is 0 Å². The Kier molecular flexibility index (Phi) is 6.42. The molecule has 0 fully saturated rings. The number of anilines is 1. The second kappa shape index (κ2) is 8.80. The third-order valence-electron chi connectivity index (χ3n) is 4.43. The Bertz CT molecular complexity index is 1030. The van der Waals surface area contributed by atoms with Gasteiger partial charge in [-0.2, -0.15) is 0 Å². The molecule has 0 spiro atoms.